The molecule has 0 fully saturated rings. The lowest BCUT2D eigenvalue weighted by Gasteiger charge is -1.98. The van der Waals surface area contributed by atoms with Crippen LogP contribution in [0.2, 0.25) is 5.02 Å². The summed E-state index contributed by atoms with van der Waals surface area (Å²) < 4.78 is 0.980. The standard InChI is InChI=1S/C17H12BrClN4O/c18-12-7-5-11(6-8-12)10-20-23-17(24)16-9-15(21-22-16)13-3-1-2-4-14(13)19/h1-10H,(H,21,22)(H,23,24)/b20-10+. The van der Waals surface area contributed by atoms with Gasteiger partial charge < -0.3 is 0 Å². The first-order valence-electron chi connectivity index (χ1n) is 7.03. The fraction of sp³-hybridized carbons (Fsp3) is 0. The van der Waals surface area contributed by atoms with Gasteiger partial charge in [-0.25, -0.2) is 5.43 Å². The monoisotopic (exact) mass is 402 g/mol. The summed E-state index contributed by atoms with van der Waals surface area (Å²) in [5.41, 5.74) is 4.99. The van der Waals surface area contributed by atoms with Crippen LogP contribution in [0.1, 0.15) is 16.1 Å². The number of halogens is 2. The van der Waals surface area contributed by atoms with E-state index in [1.165, 1.54) is 0 Å². The Morgan fingerprint density at radius 2 is 1.96 bits per heavy atom. The van der Waals surface area contributed by atoms with Gasteiger partial charge in [-0.15, -0.1) is 0 Å². The van der Waals surface area contributed by atoms with Crippen molar-refractivity contribution < 1.29 is 4.79 Å². The number of H-pyrrole nitrogens is 1. The second-order valence-electron chi connectivity index (χ2n) is 4.90. The maximum absolute atomic E-state index is 12.1. The van der Waals surface area contributed by atoms with Crippen LogP contribution < -0.4 is 5.43 Å². The number of hydrogen-bond donors (Lipinski definition) is 2. The molecule has 24 heavy (non-hydrogen) atoms. The molecule has 0 aliphatic heterocycles. The third kappa shape index (κ3) is 3.90. The smallest absolute Gasteiger partial charge is 0.272 e. The Morgan fingerprint density at radius 1 is 1.21 bits per heavy atom. The Bertz CT molecular complexity index is 890. The molecule has 1 aromatic heterocycles. The van der Waals surface area contributed by atoms with Crippen LogP contribution >= 0.6 is 27.5 Å². The predicted molar refractivity (Wildman–Crippen MR) is 98.2 cm³/mol. The van der Waals surface area contributed by atoms with Crippen LogP contribution in [-0.2, 0) is 0 Å². The first-order valence-corrected chi connectivity index (χ1v) is 8.20. The van der Waals surface area contributed by atoms with E-state index in [0.29, 0.717) is 16.4 Å². The number of rotatable bonds is 4. The molecule has 0 radical (unpaired) electrons. The van der Waals surface area contributed by atoms with Gasteiger partial charge in [0.15, 0.2) is 0 Å². The fourth-order valence-electron chi connectivity index (χ4n) is 2.02. The van der Waals surface area contributed by atoms with Gasteiger partial charge in [-0.05, 0) is 29.8 Å². The number of nitrogens with one attached hydrogen (secondary N) is 2. The molecule has 0 aliphatic rings. The number of hydrazone groups is 1. The highest BCUT2D eigenvalue weighted by molar-refractivity contribution is 9.10. The summed E-state index contributed by atoms with van der Waals surface area (Å²) in [6, 6.07) is 16.5. The van der Waals surface area contributed by atoms with Gasteiger partial charge in [0.2, 0.25) is 0 Å². The molecular formula is C17H12BrClN4O. The Balaban J connectivity index is 1.68. The molecule has 120 valence electrons. The number of aromatic nitrogens is 2. The minimum Gasteiger partial charge on any atom is -0.272 e. The van der Waals surface area contributed by atoms with Crippen molar-refractivity contribution in [2.45, 2.75) is 0 Å². The lowest BCUT2D eigenvalue weighted by molar-refractivity contribution is 0.0950. The van der Waals surface area contributed by atoms with Crippen molar-refractivity contribution in [1.82, 2.24) is 15.6 Å². The highest BCUT2D eigenvalue weighted by atomic mass is 79.9. The number of aromatic amines is 1. The summed E-state index contributed by atoms with van der Waals surface area (Å²) in [5, 5.41) is 11.3. The van der Waals surface area contributed by atoms with Crippen molar-refractivity contribution in [2.24, 2.45) is 5.10 Å². The highest BCUT2D eigenvalue weighted by Gasteiger charge is 2.12. The average molecular weight is 404 g/mol. The molecule has 0 atom stereocenters. The molecule has 2 N–H and O–H groups in total. The van der Waals surface area contributed by atoms with Crippen molar-refractivity contribution in [1.29, 1.82) is 0 Å². The molecule has 3 rings (SSSR count). The summed E-state index contributed by atoms with van der Waals surface area (Å²) in [7, 11) is 0. The molecule has 5 nitrogen and oxygen atoms in total. The summed E-state index contributed by atoms with van der Waals surface area (Å²) in [5.74, 6) is -0.380. The molecule has 3 aromatic rings. The summed E-state index contributed by atoms with van der Waals surface area (Å²) in [6.45, 7) is 0. The van der Waals surface area contributed by atoms with Gasteiger partial charge in [0.1, 0.15) is 5.69 Å². The third-order valence-electron chi connectivity index (χ3n) is 3.22. The van der Waals surface area contributed by atoms with E-state index in [1.807, 2.05) is 42.5 Å². The second kappa shape index (κ2) is 7.42. The van der Waals surface area contributed by atoms with E-state index in [9.17, 15) is 4.79 Å². The van der Waals surface area contributed by atoms with E-state index in [4.69, 9.17) is 11.6 Å². The molecule has 1 heterocycles. The molecule has 0 saturated carbocycles. The van der Waals surface area contributed by atoms with Crippen molar-refractivity contribution in [3.63, 3.8) is 0 Å². The Labute approximate surface area is 151 Å². The second-order valence-corrected chi connectivity index (χ2v) is 6.22. The normalized spacial score (nSPS) is 10.9. The van der Waals surface area contributed by atoms with Crippen LogP contribution in [-0.4, -0.2) is 22.3 Å². The van der Waals surface area contributed by atoms with Crippen LogP contribution in [0.15, 0.2) is 64.2 Å². The number of hydrogen-bond acceptors (Lipinski definition) is 3. The van der Waals surface area contributed by atoms with Gasteiger partial charge in [0.25, 0.3) is 5.91 Å². The van der Waals surface area contributed by atoms with Crippen LogP contribution in [0, 0.1) is 0 Å². The van der Waals surface area contributed by atoms with Crippen molar-refractivity contribution >= 4 is 39.7 Å². The lowest BCUT2D eigenvalue weighted by Crippen LogP contribution is -2.17. The van der Waals surface area contributed by atoms with E-state index in [2.05, 4.69) is 36.7 Å². The SMILES string of the molecule is O=C(N/N=C/c1ccc(Br)cc1)c1cc(-c2ccccc2Cl)n[nH]1. The molecule has 2 aromatic carbocycles. The molecule has 0 saturated heterocycles. The van der Waals surface area contributed by atoms with E-state index < -0.39 is 0 Å². The van der Waals surface area contributed by atoms with Crippen LogP contribution in [0.4, 0.5) is 0 Å². The number of nitrogens with zero attached hydrogens (tertiary/aromatic N) is 2. The van der Waals surface area contributed by atoms with Gasteiger partial charge in [-0.2, -0.15) is 10.2 Å². The van der Waals surface area contributed by atoms with Crippen LogP contribution in [0.5, 0.6) is 0 Å². The molecule has 7 heteroatoms. The number of carbonyl (C=O) groups is 1. The zero-order chi connectivity index (χ0) is 16.9. The number of benzene rings is 2. The van der Waals surface area contributed by atoms with E-state index in [-0.39, 0.29) is 5.91 Å². The Hall–Kier alpha value is -2.44. The Morgan fingerprint density at radius 3 is 2.71 bits per heavy atom. The van der Waals surface area contributed by atoms with Crippen molar-refractivity contribution in [3.05, 3.63) is 75.4 Å². The lowest BCUT2D eigenvalue weighted by atomic mass is 10.1. The molecular weight excluding hydrogens is 392 g/mol. The van der Waals surface area contributed by atoms with E-state index in [0.717, 1.165) is 15.6 Å². The molecule has 1 amide bonds. The fourth-order valence-corrected chi connectivity index (χ4v) is 2.52. The predicted octanol–water partition coefficient (Wildman–Crippen LogP) is 4.26. The van der Waals surface area contributed by atoms with Gasteiger partial charge in [-0.3, -0.25) is 9.89 Å². The largest absolute Gasteiger partial charge is 0.289 e. The third-order valence-corrected chi connectivity index (χ3v) is 4.08. The zero-order valence-corrected chi connectivity index (χ0v) is 14.7. The first-order chi connectivity index (χ1) is 11.6. The maximum atomic E-state index is 12.1. The van der Waals surface area contributed by atoms with Gasteiger partial charge >= 0.3 is 0 Å². The van der Waals surface area contributed by atoms with E-state index in [1.54, 1.807) is 18.3 Å². The zero-order valence-electron chi connectivity index (χ0n) is 12.3. The summed E-state index contributed by atoms with van der Waals surface area (Å²) in [4.78, 5) is 12.1. The van der Waals surface area contributed by atoms with Crippen LogP contribution in [0.3, 0.4) is 0 Å². The van der Waals surface area contributed by atoms with Crippen molar-refractivity contribution in [2.75, 3.05) is 0 Å². The summed E-state index contributed by atoms with van der Waals surface area (Å²) in [6.07, 6.45) is 1.57. The Kier molecular flexibility index (Phi) is 5.08. The van der Waals surface area contributed by atoms with Gasteiger partial charge in [0, 0.05) is 10.0 Å². The molecule has 0 unspecified atom stereocenters. The van der Waals surface area contributed by atoms with E-state index >= 15 is 0 Å². The molecule has 0 spiro atoms. The van der Waals surface area contributed by atoms with Crippen LogP contribution in [0.25, 0.3) is 11.3 Å². The topological polar surface area (TPSA) is 70.1 Å². The van der Waals surface area contributed by atoms with Gasteiger partial charge in [-0.1, -0.05) is 57.9 Å². The maximum Gasteiger partial charge on any atom is 0.289 e. The average Bonchev–Trinajstić information content (AvgIpc) is 3.07. The first kappa shape index (κ1) is 16.4. The summed E-state index contributed by atoms with van der Waals surface area (Å²) >= 11 is 9.49. The highest BCUT2D eigenvalue weighted by Crippen LogP contribution is 2.26. The van der Waals surface area contributed by atoms with Gasteiger partial charge in [0.05, 0.1) is 16.9 Å². The molecule has 0 bridgehead atoms. The minimum absolute atomic E-state index is 0.304. The number of carbonyl (C=O) groups excluding carboxylic acids is 1. The minimum atomic E-state index is -0.380. The van der Waals surface area contributed by atoms with Crippen molar-refractivity contribution in [3.8, 4) is 11.3 Å². The number of amides is 1. The molecule has 0 aliphatic carbocycles. The quantitative estimate of drug-likeness (QED) is 0.505.